The van der Waals surface area contributed by atoms with E-state index in [4.69, 9.17) is 0 Å². The quantitative estimate of drug-likeness (QED) is 0.912. The van der Waals surface area contributed by atoms with Gasteiger partial charge in [0, 0.05) is 17.6 Å². The minimum absolute atomic E-state index is 0.158. The summed E-state index contributed by atoms with van der Waals surface area (Å²) in [6, 6.07) is 11.4. The minimum atomic E-state index is -2.94. The van der Waals surface area contributed by atoms with Gasteiger partial charge in [0.25, 0.3) is 0 Å². The van der Waals surface area contributed by atoms with Crippen molar-refractivity contribution in [2.45, 2.75) is 25.4 Å². The average molecular weight is 305 g/mol. The van der Waals surface area contributed by atoms with Gasteiger partial charge in [-0.15, -0.1) is 0 Å². The molecule has 112 valence electrons. The number of benzene rings is 2. The number of fused-ring (bicyclic) bond motifs is 1. The molecule has 0 aromatic heterocycles. The summed E-state index contributed by atoms with van der Waals surface area (Å²) in [5.74, 6) is 0.634. The Labute approximate surface area is 124 Å². The van der Waals surface area contributed by atoms with Gasteiger partial charge >= 0.3 is 0 Å². The molecule has 21 heavy (non-hydrogen) atoms. The summed E-state index contributed by atoms with van der Waals surface area (Å²) in [6.45, 7) is 2.39. The summed E-state index contributed by atoms with van der Waals surface area (Å²) in [4.78, 5) is 0. The largest absolute Gasteiger partial charge is 0.508 e. The molecule has 1 aliphatic heterocycles. The van der Waals surface area contributed by atoms with Crippen LogP contribution in [0.4, 0.5) is 0 Å². The molecule has 0 aliphatic carbocycles. The molecule has 0 saturated carbocycles. The van der Waals surface area contributed by atoms with E-state index in [1.54, 1.807) is 6.07 Å². The van der Waals surface area contributed by atoms with E-state index < -0.39 is 15.4 Å². The van der Waals surface area contributed by atoms with E-state index in [2.05, 4.69) is 5.32 Å². The van der Waals surface area contributed by atoms with Crippen LogP contribution in [0.2, 0.25) is 0 Å². The molecule has 0 bridgehead atoms. The van der Waals surface area contributed by atoms with Crippen molar-refractivity contribution in [1.29, 1.82) is 0 Å². The smallest absolute Gasteiger partial charge is 0.152 e. The van der Waals surface area contributed by atoms with Crippen molar-refractivity contribution in [3.8, 4) is 5.75 Å². The fourth-order valence-electron chi connectivity index (χ4n) is 2.96. The van der Waals surface area contributed by atoms with Gasteiger partial charge in [-0.2, -0.15) is 0 Å². The zero-order chi connectivity index (χ0) is 15.1. The lowest BCUT2D eigenvalue weighted by Gasteiger charge is -2.24. The van der Waals surface area contributed by atoms with Crippen LogP contribution in [0.5, 0.6) is 5.75 Å². The highest BCUT2D eigenvalue weighted by Crippen LogP contribution is 2.29. The number of rotatable bonds is 3. The van der Waals surface area contributed by atoms with Gasteiger partial charge in [-0.05, 0) is 30.2 Å². The monoisotopic (exact) mass is 305 g/mol. The molecule has 0 radical (unpaired) electrons. The van der Waals surface area contributed by atoms with Gasteiger partial charge in [0.1, 0.15) is 5.75 Å². The van der Waals surface area contributed by atoms with Crippen molar-refractivity contribution in [2.75, 3.05) is 11.5 Å². The number of hydrogen-bond donors (Lipinski definition) is 2. The summed E-state index contributed by atoms with van der Waals surface area (Å²) in [6.07, 6.45) is 0.612. The van der Waals surface area contributed by atoms with Gasteiger partial charge in [-0.3, -0.25) is 0 Å². The zero-order valence-electron chi connectivity index (χ0n) is 12.0. The Kier molecular flexibility index (Phi) is 3.42. The first kappa shape index (κ1) is 14.4. The lowest BCUT2D eigenvalue weighted by Crippen LogP contribution is -2.42. The lowest BCUT2D eigenvalue weighted by molar-refractivity contribution is 0.389. The number of hydrogen-bond acceptors (Lipinski definition) is 4. The second kappa shape index (κ2) is 5.00. The molecule has 1 saturated heterocycles. The Morgan fingerprint density at radius 1 is 1.24 bits per heavy atom. The van der Waals surface area contributed by atoms with Crippen LogP contribution >= 0.6 is 0 Å². The fraction of sp³-hybridized carbons (Fsp3) is 0.375. The van der Waals surface area contributed by atoms with Crippen LogP contribution in [0.25, 0.3) is 10.8 Å². The summed E-state index contributed by atoms with van der Waals surface area (Å²) in [7, 11) is -2.94. The van der Waals surface area contributed by atoms with Gasteiger partial charge in [-0.1, -0.05) is 30.3 Å². The molecule has 2 aromatic carbocycles. The van der Waals surface area contributed by atoms with Gasteiger partial charge < -0.3 is 10.4 Å². The average Bonchev–Trinajstić information content (AvgIpc) is 2.72. The van der Waals surface area contributed by atoms with Crippen molar-refractivity contribution >= 4 is 20.6 Å². The summed E-state index contributed by atoms with van der Waals surface area (Å²) < 4.78 is 23.3. The number of sulfone groups is 1. The molecule has 1 fully saturated rings. The van der Waals surface area contributed by atoms with Crippen LogP contribution in [0.1, 0.15) is 18.9 Å². The van der Waals surface area contributed by atoms with Crippen LogP contribution in [0, 0.1) is 0 Å². The van der Waals surface area contributed by atoms with E-state index in [0.717, 1.165) is 16.3 Å². The number of phenolic OH excluding ortho intramolecular Hbond substituents is 1. The lowest BCUT2D eigenvalue weighted by atomic mass is 9.99. The highest BCUT2D eigenvalue weighted by atomic mass is 32.2. The highest BCUT2D eigenvalue weighted by Gasteiger charge is 2.37. The van der Waals surface area contributed by atoms with Crippen LogP contribution in [-0.4, -0.2) is 30.6 Å². The molecule has 1 heterocycles. The molecule has 2 aromatic rings. The third-order valence-electron chi connectivity index (χ3n) is 4.21. The van der Waals surface area contributed by atoms with Gasteiger partial charge in [0.05, 0.1) is 11.5 Å². The highest BCUT2D eigenvalue weighted by molar-refractivity contribution is 7.91. The molecule has 1 atom stereocenters. The zero-order valence-corrected chi connectivity index (χ0v) is 12.8. The van der Waals surface area contributed by atoms with Gasteiger partial charge in [-0.25, -0.2) is 8.42 Å². The van der Waals surface area contributed by atoms with Crippen molar-refractivity contribution in [3.05, 3.63) is 42.0 Å². The number of aromatic hydroxyl groups is 1. The minimum Gasteiger partial charge on any atom is -0.508 e. The van der Waals surface area contributed by atoms with E-state index in [1.165, 1.54) is 0 Å². The van der Waals surface area contributed by atoms with Crippen LogP contribution in [0.15, 0.2) is 36.4 Å². The third kappa shape index (κ3) is 2.89. The van der Waals surface area contributed by atoms with Crippen LogP contribution in [0.3, 0.4) is 0 Å². The predicted molar refractivity (Wildman–Crippen MR) is 84.1 cm³/mol. The maximum absolute atomic E-state index is 11.6. The van der Waals surface area contributed by atoms with E-state index in [9.17, 15) is 13.5 Å². The molecule has 4 nitrogen and oxygen atoms in total. The third-order valence-corrected chi connectivity index (χ3v) is 6.11. The second-order valence-electron chi connectivity index (χ2n) is 6.04. The predicted octanol–water partition coefficient (Wildman–Crippen LogP) is 2.21. The molecular weight excluding hydrogens is 286 g/mol. The van der Waals surface area contributed by atoms with E-state index >= 15 is 0 Å². The number of nitrogens with one attached hydrogen (secondary N) is 1. The van der Waals surface area contributed by atoms with Crippen molar-refractivity contribution in [2.24, 2.45) is 0 Å². The molecule has 5 heteroatoms. The van der Waals surface area contributed by atoms with Gasteiger partial charge in [0.2, 0.25) is 0 Å². The molecule has 1 aliphatic rings. The van der Waals surface area contributed by atoms with E-state index in [-0.39, 0.29) is 17.3 Å². The SMILES string of the molecule is CC1(NCc2c(O)ccc3ccccc23)CCS(=O)(=O)C1. The Morgan fingerprint density at radius 2 is 2.00 bits per heavy atom. The fourth-order valence-corrected chi connectivity index (χ4v) is 5.08. The molecule has 1 unspecified atom stereocenters. The van der Waals surface area contributed by atoms with Crippen LogP contribution < -0.4 is 5.32 Å². The standard InChI is InChI=1S/C16H19NO3S/c1-16(8-9-21(19,20)11-16)17-10-14-13-5-3-2-4-12(13)6-7-15(14)18/h2-7,17-18H,8-11H2,1H3. The van der Waals surface area contributed by atoms with Crippen molar-refractivity contribution in [1.82, 2.24) is 5.32 Å². The topological polar surface area (TPSA) is 66.4 Å². The van der Waals surface area contributed by atoms with Crippen LogP contribution in [-0.2, 0) is 16.4 Å². The Morgan fingerprint density at radius 3 is 2.71 bits per heavy atom. The molecule has 3 rings (SSSR count). The summed E-state index contributed by atoms with van der Waals surface area (Å²) in [5.41, 5.74) is 0.404. The molecule has 2 N–H and O–H groups in total. The van der Waals surface area contributed by atoms with E-state index in [0.29, 0.717) is 13.0 Å². The molecule has 0 amide bonds. The first-order valence-electron chi connectivity index (χ1n) is 7.04. The maximum Gasteiger partial charge on any atom is 0.152 e. The number of phenols is 1. The molecule has 0 spiro atoms. The van der Waals surface area contributed by atoms with Gasteiger partial charge in [0.15, 0.2) is 9.84 Å². The first-order valence-corrected chi connectivity index (χ1v) is 8.86. The summed E-state index contributed by atoms with van der Waals surface area (Å²) in [5, 5.41) is 15.5. The Hall–Kier alpha value is -1.59. The maximum atomic E-state index is 11.6. The normalized spacial score (nSPS) is 24.4. The molecular formula is C16H19NO3S. The first-order chi connectivity index (χ1) is 9.89. The summed E-state index contributed by atoms with van der Waals surface area (Å²) >= 11 is 0. The second-order valence-corrected chi connectivity index (χ2v) is 8.22. The van der Waals surface area contributed by atoms with Crippen molar-refractivity contribution < 1.29 is 13.5 Å². The Bertz CT molecular complexity index is 785. The van der Waals surface area contributed by atoms with Crippen molar-refractivity contribution in [3.63, 3.8) is 0 Å². The van der Waals surface area contributed by atoms with E-state index in [1.807, 2.05) is 37.3 Å². The Balaban J connectivity index is 1.87.